The maximum atomic E-state index is 11.2. The Morgan fingerprint density at radius 2 is 2.00 bits per heavy atom. The van der Waals surface area contributed by atoms with Gasteiger partial charge in [-0.1, -0.05) is 0 Å². The van der Waals surface area contributed by atoms with Crippen LogP contribution in [0.15, 0.2) is 0 Å². The van der Waals surface area contributed by atoms with Gasteiger partial charge in [-0.05, 0) is 20.8 Å². The van der Waals surface area contributed by atoms with Crippen LogP contribution in [0.4, 0.5) is 4.79 Å². The van der Waals surface area contributed by atoms with Gasteiger partial charge in [-0.15, -0.1) is 0 Å². The normalized spacial score (nSPS) is 13.1. The van der Waals surface area contributed by atoms with Crippen molar-refractivity contribution in [1.82, 2.24) is 5.32 Å². The van der Waals surface area contributed by atoms with Gasteiger partial charge < -0.3 is 25.1 Å². The molecule has 88 valence electrons. The number of carbonyl (C=O) groups is 2. The summed E-state index contributed by atoms with van der Waals surface area (Å²) < 4.78 is 4.88. The molecule has 0 saturated carbocycles. The van der Waals surface area contributed by atoms with E-state index in [-0.39, 0.29) is 0 Å². The van der Waals surface area contributed by atoms with Gasteiger partial charge in [0.2, 0.25) is 0 Å². The summed E-state index contributed by atoms with van der Waals surface area (Å²) in [6.45, 7) is 4.56. The number of carboxylic acid groups (broad SMARTS) is 1. The van der Waals surface area contributed by atoms with E-state index in [0.29, 0.717) is 0 Å². The van der Waals surface area contributed by atoms with Crippen molar-refractivity contribution < 1.29 is 24.5 Å². The molecule has 0 saturated heterocycles. The Hall–Kier alpha value is -1.30. The molecule has 0 spiro atoms. The van der Waals surface area contributed by atoms with Crippen molar-refractivity contribution in [2.24, 2.45) is 0 Å². The highest BCUT2D eigenvalue weighted by atomic mass is 16.6. The minimum absolute atomic E-state index is 0.449. The first-order valence-electron chi connectivity index (χ1n) is 4.55. The smallest absolute Gasteiger partial charge is 0.407 e. The highest BCUT2D eigenvalue weighted by molar-refractivity contribution is 5.70. The van der Waals surface area contributed by atoms with Crippen LogP contribution in [0, 0.1) is 0 Å². The van der Waals surface area contributed by atoms with Crippen LogP contribution in [0.2, 0.25) is 0 Å². The largest absolute Gasteiger partial charge is 0.550 e. The first-order chi connectivity index (χ1) is 6.74. The average molecular weight is 218 g/mol. The third-order valence-electron chi connectivity index (χ3n) is 1.35. The SMILES string of the molecule is CC(C)(C)OC(=O)NC(CO)CC(=O)[O-]. The lowest BCUT2D eigenvalue weighted by molar-refractivity contribution is -0.306. The molecular weight excluding hydrogens is 202 g/mol. The van der Waals surface area contributed by atoms with Crippen molar-refractivity contribution in [3.8, 4) is 0 Å². The molecule has 0 aliphatic heterocycles. The fourth-order valence-corrected chi connectivity index (χ4v) is 0.837. The molecule has 1 amide bonds. The zero-order valence-electron chi connectivity index (χ0n) is 9.07. The number of rotatable bonds is 4. The van der Waals surface area contributed by atoms with Gasteiger partial charge in [0.15, 0.2) is 0 Å². The van der Waals surface area contributed by atoms with Crippen molar-refractivity contribution >= 4 is 12.1 Å². The average Bonchev–Trinajstić information content (AvgIpc) is 1.98. The number of ether oxygens (including phenoxy) is 1. The van der Waals surface area contributed by atoms with Gasteiger partial charge in [0, 0.05) is 12.4 Å². The number of alkyl carbamates (subject to hydrolysis) is 1. The summed E-state index contributed by atoms with van der Waals surface area (Å²) in [5, 5.41) is 21.2. The van der Waals surface area contributed by atoms with Crippen LogP contribution in [-0.4, -0.2) is 35.4 Å². The number of carboxylic acids is 1. The van der Waals surface area contributed by atoms with Crippen molar-refractivity contribution in [3.63, 3.8) is 0 Å². The van der Waals surface area contributed by atoms with E-state index in [1.54, 1.807) is 20.8 Å². The van der Waals surface area contributed by atoms with Crippen molar-refractivity contribution in [1.29, 1.82) is 0 Å². The second-order valence-corrected chi connectivity index (χ2v) is 4.10. The van der Waals surface area contributed by atoms with Crippen LogP contribution in [0.25, 0.3) is 0 Å². The van der Waals surface area contributed by atoms with E-state index in [1.807, 2.05) is 0 Å². The summed E-state index contributed by atoms with van der Waals surface area (Å²) in [5.41, 5.74) is -0.661. The summed E-state index contributed by atoms with van der Waals surface area (Å²) in [5.74, 6) is -1.34. The molecule has 1 unspecified atom stereocenters. The third kappa shape index (κ3) is 7.75. The molecule has 6 nitrogen and oxygen atoms in total. The van der Waals surface area contributed by atoms with Gasteiger partial charge in [0.05, 0.1) is 12.6 Å². The number of hydrogen-bond acceptors (Lipinski definition) is 5. The van der Waals surface area contributed by atoms with Crippen molar-refractivity contribution in [2.45, 2.75) is 38.8 Å². The number of aliphatic hydroxyl groups excluding tert-OH is 1. The Kier molecular flexibility index (Phi) is 5.07. The number of nitrogens with one attached hydrogen (secondary N) is 1. The quantitative estimate of drug-likeness (QED) is 0.631. The monoisotopic (exact) mass is 218 g/mol. The van der Waals surface area contributed by atoms with Crippen LogP contribution < -0.4 is 10.4 Å². The van der Waals surface area contributed by atoms with Crippen LogP contribution in [-0.2, 0) is 9.53 Å². The summed E-state index contributed by atoms with van der Waals surface area (Å²) in [6.07, 6.45) is -1.21. The lowest BCUT2D eigenvalue weighted by Gasteiger charge is -2.22. The topological polar surface area (TPSA) is 98.7 Å². The lowest BCUT2D eigenvalue weighted by atomic mass is 10.2. The zero-order chi connectivity index (χ0) is 12.1. The van der Waals surface area contributed by atoms with Gasteiger partial charge in [0.25, 0.3) is 0 Å². The molecule has 0 heterocycles. The predicted octanol–water partition coefficient (Wildman–Crippen LogP) is -0.988. The fraction of sp³-hybridized carbons (Fsp3) is 0.778. The Morgan fingerprint density at radius 3 is 2.33 bits per heavy atom. The molecular formula is C9H16NO5-. The first kappa shape index (κ1) is 13.7. The van der Waals surface area contributed by atoms with E-state index in [0.717, 1.165) is 0 Å². The van der Waals surface area contributed by atoms with Crippen molar-refractivity contribution in [2.75, 3.05) is 6.61 Å². The van der Waals surface area contributed by atoms with Gasteiger partial charge in [-0.25, -0.2) is 4.79 Å². The van der Waals surface area contributed by atoms with Gasteiger partial charge >= 0.3 is 6.09 Å². The highest BCUT2D eigenvalue weighted by Crippen LogP contribution is 2.06. The maximum Gasteiger partial charge on any atom is 0.407 e. The van der Waals surface area contributed by atoms with E-state index in [9.17, 15) is 14.7 Å². The van der Waals surface area contributed by atoms with Gasteiger partial charge in [-0.2, -0.15) is 0 Å². The Labute approximate surface area is 88.2 Å². The molecule has 0 fully saturated rings. The Bertz CT molecular complexity index is 233. The molecule has 0 aromatic rings. The zero-order valence-corrected chi connectivity index (χ0v) is 9.07. The number of hydrogen-bond donors (Lipinski definition) is 2. The molecule has 0 rings (SSSR count). The molecule has 2 N–H and O–H groups in total. The van der Waals surface area contributed by atoms with Crippen LogP contribution >= 0.6 is 0 Å². The maximum absolute atomic E-state index is 11.2. The number of carbonyl (C=O) groups excluding carboxylic acids is 2. The second kappa shape index (κ2) is 5.55. The molecule has 6 heteroatoms. The summed E-state index contributed by atoms with van der Waals surface area (Å²) in [7, 11) is 0. The van der Waals surface area contributed by atoms with E-state index >= 15 is 0 Å². The molecule has 0 radical (unpaired) electrons. The molecule has 15 heavy (non-hydrogen) atoms. The van der Waals surface area contributed by atoms with Gasteiger partial charge in [-0.3, -0.25) is 0 Å². The predicted molar refractivity (Wildman–Crippen MR) is 49.9 cm³/mol. The first-order valence-corrected chi connectivity index (χ1v) is 4.55. The number of amides is 1. The minimum atomic E-state index is -1.34. The Morgan fingerprint density at radius 1 is 1.47 bits per heavy atom. The van der Waals surface area contributed by atoms with E-state index in [2.05, 4.69) is 5.32 Å². The highest BCUT2D eigenvalue weighted by Gasteiger charge is 2.18. The standard InChI is InChI=1S/C9H17NO5/c1-9(2,3)15-8(14)10-6(5-11)4-7(12)13/h6,11H,4-5H2,1-3H3,(H,10,14)(H,12,13)/p-1. The number of aliphatic hydroxyl groups is 1. The summed E-state index contributed by atoms with van der Waals surface area (Å²) >= 11 is 0. The second-order valence-electron chi connectivity index (χ2n) is 4.10. The van der Waals surface area contributed by atoms with Gasteiger partial charge in [0.1, 0.15) is 5.60 Å². The summed E-state index contributed by atoms with van der Waals surface area (Å²) in [4.78, 5) is 21.4. The fourth-order valence-electron chi connectivity index (χ4n) is 0.837. The minimum Gasteiger partial charge on any atom is -0.550 e. The number of aliphatic carboxylic acids is 1. The third-order valence-corrected chi connectivity index (χ3v) is 1.35. The van der Waals surface area contributed by atoms with E-state index < -0.39 is 36.7 Å². The van der Waals surface area contributed by atoms with Crippen LogP contribution in [0.3, 0.4) is 0 Å². The molecule has 0 aliphatic carbocycles. The van der Waals surface area contributed by atoms with E-state index in [1.165, 1.54) is 0 Å². The lowest BCUT2D eigenvalue weighted by Crippen LogP contribution is -2.44. The van der Waals surface area contributed by atoms with E-state index in [4.69, 9.17) is 9.84 Å². The van der Waals surface area contributed by atoms with Crippen LogP contribution in [0.1, 0.15) is 27.2 Å². The Balaban J connectivity index is 4.07. The molecule has 0 aromatic carbocycles. The molecule has 0 bridgehead atoms. The van der Waals surface area contributed by atoms with Crippen molar-refractivity contribution in [3.05, 3.63) is 0 Å². The molecule has 0 aromatic heterocycles. The molecule has 0 aliphatic rings. The van der Waals surface area contributed by atoms with Crippen LogP contribution in [0.5, 0.6) is 0 Å². The summed E-state index contributed by atoms with van der Waals surface area (Å²) in [6, 6.07) is -0.884. The molecule has 1 atom stereocenters.